The second-order valence-corrected chi connectivity index (χ2v) is 7.44. The first-order chi connectivity index (χ1) is 13.7. The van der Waals surface area contributed by atoms with Gasteiger partial charge in [-0.25, -0.2) is 0 Å². The lowest BCUT2D eigenvalue weighted by atomic mass is 10.1. The molecule has 4 rings (SSSR count). The van der Waals surface area contributed by atoms with Gasteiger partial charge in [0.2, 0.25) is 5.91 Å². The predicted octanol–water partition coefficient (Wildman–Crippen LogP) is 1.55. The van der Waals surface area contributed by atoms with Crippen molar-refractivity contribution in [3.8, 4) is 6.07 Å². The van der Waals surface area contributed by atoms with Crippen LogP contribution in [-0.2, 0) is 4.79 Å². The van der Waals surface area contributed by atoms with Crippen LogP contribution in [0.3, 0.4) is 0 Å². The molecule has 28 heavy (non-hydrogen) atoms. The summed E-state index contributed by atoms with van der Waals surface area (Å²) in [6.07, 6.45) is 4.12. The molecule has 2 aromatic rings. The second kappa shape index (κ2) is 7.95. The summed E-state index contributed by atoms with van der Waals surface area (Å²) < 4.78 is 0. The van der Waals surface area contributed by atoms with Crippen molar-refractivity contribution in [2.75, 3.05) is 26.2 Å². The molecule has 2 atom stereocenters. The number of para-hydroxylation sites is 1. The number of carbonyl (C=O) groups excluding carboxylic acids is 2. The average Bonchev–Trinajstić information content (AvgIpc) is 3.36. The third-order valence-electron chi connectivity index (χ3n) is 5.58. The van der Waals surface area contributed by atoms with E-state index in [-0.39, 0.29) is 23.9 Å². The Morgan fingerprint density at radius 1 is 1.21 bits per heavy atom. The first kappa shape index (κ1) is 18.4. The Morgan fingerprint density at radius 2 is 2.07 bits per heavy atom. The Labute approximate surface area is 163 Å². The number of nitriles is 1. The minimum Gasteiger partial charge on any atom is -0.348 e. The highest BCUT2D eigenvalue weighted by Crippen LogP contribution is 2.19. The molecule has 2 aliphatic heterocycles. The van der Waals surface area contributed by atoms with Crippen LogP contribution in [0, 0.1) is 11.3 Å². The van der Waals surface area contributed by atoms with E-state index < -0.39 is 0 Å². The fourth-order valence-corrected chi connectivity index (χ4v) is 4.13. The number of rotatable bonds is 4. The van der Waals surface area contributed by atoms with E-state index in [2.05, 4.69) is 21.3 Å². The zero-order valence-electron chi connectivity index (χ0n) is 15.7. The van der Waals surface area contributed by atoms with Crippen molar-refractivity contribution < 1.29 is 9.59 Å². The predicted molar refractivity (Wildman–Crippen MR) is 104 cm³/mol. The molecule has 2 saturated heterocycles. The molecule has 1 unspecified atom stereocenters. The molecule has 0 bridgehead atoms. The number of hydrogen-bond donors (Lipinski definition) is 1. The van der Waals surface area contributed by atoms with E-state index in [1.54, 1.807) is 17.2 Å². The Bertz CT molecular complexity index is 933. The van der Waals surface area contributed by atoms with E-state index in [1.807, 2.05) is 24.3 Å². The zero-order valence-corrected chi connectivity index (χ0v) is 15.7. The Kier molecular flexibility index (Phi) is 5.22. The average molecular weight is 377 g/mol. The normalized spacial score (nSPS) is 22.3. The molecule has 2 aliphatic rings. The standard InChI is InChI=1S/C21H23N5O2/c22-12-16-4-3-10-26(16)20(27)14-25-11-8-15(13-25)24-21(28)18-7-9-23-19-6-2-1-5-17(18)19/h1-2,5-7,9,15-16H,3-4,8,10-11,13-14H2,(H,24,28)/t15-,16?/m0/s1. The quantitative estimate of drug-likeness (QED) is 0.873. The highest BCUT2D eigenvalue weighted by molar-refractivity contribution is 6.06. The van der Waals surface area contributed by atoms with E-state index in [0.717, 1.165) is 36.7 Å². The molecule has 3 heterocycles. The first-order valence-corrected chi connectivity index (χ1v) is 9.72. The summed E-state index contributed by atoms with van der Waals surface area (Å²) in [6.45, 7) is 2.38. The van der Waals surface area contributed by atoms with Crippen molar-refractivity contribution in [1.82, 2.24) is 20.1 Å². The van der Waals surface area contributed by atoms with Gasteiger partial charge in [-0.05, 0) is 31.4 Å². The molecule has 7 nitrogen and oxygen atoms in total. The highest BCUT2D eigenvalue weighted by Gasteiger charge is 2.32. The van der Waals surface area contributed by atoms with Crippen molar-refractivity contribution in [2.45, 2.75) is 31.3 Å². The number of fused-ring (bicyclic) bond motifs is 1. The lowest BCUT2D eigenvalue weighted by molar-refractivity contribution is -0.132. The first-order valence-electron chi connectivity index (χ1n) is 9.72. The molecular weight excluding hydrogens is 354 g/mol. The SMILES string of the molecule is N#CC1CCCN1C(=O)CN1CC[C@H](NC(=O)c2ccnc3ccccc23)C1. The molecule has 0 radical (unpaired) electrons. The summed E-state index contributed by atoms with van der Waals surface area (Å²) >= 11 is 0. The van der Waals surface area contributed by atoms with Crippen molar-refractivity contribution in [3.63, 3.8) is 0 Å². The van der Waals surface area contributed by atoms with Crippen LogP contribution in [0.1, 0.15) is 29.6 Å². The van der Waals surface area contributed by atoms with Crippen LogP contribution in [-0.4, -0.2) is 64.9 Å². The van der Waals surface area contributed by atoms with Gasteiger partial charge in [-0.3, -0.25) is 19.5 Å². The van der Waals surface area contributed by atoms with Crippen molar-refractivity contribution in [3.05, 3.63) is 42.1 Å². The third-order valence-corrected chi connectivity index (χ3v) is 5.58. The molecule has 0 saturated carbocycles. The van der Waals surface area contributed by atoms with Crippen LogP contribution in [0.25, 0.3) is 10.9 Å². The lowest BCUT2D eigenvalue weighted by Gasteiger charge is -2.23. The van der Waals surface area contributed by atoms with E-state index in [0.29, 0.717) is 25.2 Å². The molecule has 7 heteroatoms. The molecular formula is C21H23N5O2. The van der Waals surface area contributed by atoms with Crippen molar-refractivity contribution in [1.29, 1.82) is 5.26 Å². The van der Waals surface area contributed by atoms with Crippen LogP contribution in [0.2, 0.25) is 0 Å². The van der Waals surface area contributed by atoms with E-state index in [1.165, 1.54) is 0 Å². The smallest absolute Gasteiger partial charge is 0.252 e. The van der Waals surface area contributed by atoms with Gasteiger partial charge in [0.15, 0.2) is 0 Å². The number of likely N-dealkylation sites (tertiary alicyclic amines) is 2. The zero-order chi connectivity index (χ0) is 19.5. The van der Waals surface area contributed by atoms with Gasteiger partial charge in [0.05, 0.1) is 23.7 Å². The fourth-order valence-electron chi connectivity index (χ4n) is 4.13. The summed E-state index contributed by atoms with van der Waals surface area (Å²) in [5, 5.41) is 13.1. The van der Waals surface area contributed by atoms with Crippen molar-refractivity contribution in [2.24, 2.45) is 0 Å². The molecule has 2 amide bonds. The maximum absolute atomic E-state index is 12.8. The third kappa shape index (κ3) is 3.69. The van der Waals surface area contributed by atoms with Crippen LogP contribution in [0.4, 0.5) is 0 Å². The van der Waals surface area contributed by atoms with Gasteiger partial charge < -0.3 is 10.2 Å². The number of carbonyl (C=O) groups is 2. The van der Waals surface area contributed by atoms with E-state index >= 15 is 0 Å². The largest absolute Gasteiger partial charge is 0.348 e. The van der Waals surface area contributed by atoms with Gasteiger partial charge in [0.1, 0.15) is 6.04 Å². The Hall–Kier alpha value is -2.98. The van der Waals surface area contributed by atoms with Gasteiger partial charge in [-0.15, -0.1) is 0 Å². The minimum absolute atomic E-state index is 0.0103. The number of hydrogen-bond acceptors (Lipinski definition) is 5. The number of amides is 2. The van der Waals surface area contributed by atoms with Gasteiger partial charge in [-0.1, -0.05) is 18.2 Å². The van der Waals surface area contributed by atoms with Gasteiger partial charge >= 0.3 is 0 Å². The number of benzene rings is 1. The van der Waals surface area contributed by atoms with Crippen molar-refractivity contribution >= 4 is 22.7 Å². The van der Waals surface area contributed by atoms with Crippen LogP contribution < -0.4 is 5.32 Å². The monoisotopic (exact) mass is 377 g/mol. The summed E-state index contributed by atoms with van der Waals surface area (Å²) in [5.74, 6) is -0.1000. The van der Waals surface area contributed by atoms with Crippen LogP contribution in [0.15, 0.2) is 36.5 Å². The maximum Gasteiger partial charge on any atom is 0.252 e. The summed E-state index contributed by atoms with van der Waals surface area (Å²) in [6, 6.07) is 11.3. The van der Waals surface area contributed by atoms with Gasteiger partial charge in [0.25, 0.3) is 5.91 Å². The molecule has 1 aromatic heterocycles. The lowest BCUT2D eigenvalue weighted by Crippen LogP contribution is -2.43. The molecule has 0 aliphatic carbocycles. The Balaban J connectivity index is 1.35. The number of aromatic nitrogens is 1. The summed E-state index contributed by atoms with van der Waals surface area (Å²) in [7, 11) is 0. The van der Waals surface area contributed by atoms with E-state index in [4.69, 9.17) is 5.26 Å². The fraction of sp³-hybridized carbons (Fsp3) is 0.429. The minimum atomic E-state index is -0.287. The molecule has 2 fully saturated rings. The molecule has 144 valence electrons. The van der Waals surface area contributed by atoms with Crippen LogP contribution >= 0.6 is 0 Å². The summed E-state index contributed by atoms with van der Waals surface area (Å²) in [5.41, 5.74) is 1.42. The van der Waals surface area contributed by atoms with E-state index in [9.17, 15) is 9.59 Å². The molecule has 0 spiro atoms. The Morgan fingerprint density at radius 3 is 2.93 bits per heavy atom. The highest BCUT2D eigenvalue weighted by atomic mass is 16.2. The number of nitrogens with zero attached hydrogens (tertiary/aromatic N) is 4. The topological polar surface area (TPSA) is 89.3 Å². The summed E-state index contributed by atoms with van der Waals surface area (Å²) in [4.78, 5) is 33.3. The van der Waals surface area contributed by atoms with Crippen LogP contribution in [0.5, 0.6) is 0 Å². The second-order valence-electron chi connectivity index (χ2n) is 7.44. The molecule has 1 aromatic carbocycles. The number of nitrogens with one attached hydrogen (secondary N) is 1. The molecule has 1 N–H and O–H groups in total. The van der Waals surface area contributed by atoms with Gasteiger partial charge in [0, 0.05) is 37.3 Å². The number of pyridine rings is 1. The maximum atomic E-state index is 12.8. The van der Waals surface area contributed by atoms with Gasteiger partial charge in [-0.2, -0.15) is 5.26 Å².